The average Bonchev–Trinajstić information content (AvgIpc) is 3.60. The van der Waals surface area contributed by atoms with Crippen LogP contribution in [0.2, 0.25) is 5.02 Å². The molecule has 1 saturated carbocycles. The maximum atomic E-state index is 12.1. The second-order valence-corrected chi connectivity index (χ2v) is 8.66. The fourth-order valence-electron chi connectivity index (χ4n) is 4.52. The summed E-state index contributed by atoms with van der Waals surface area (Å²) in [5.41, 5.74) is 4.73. The zero-order valence-electron chi connectivity index (χ0n) is 17.6. The van der Waals surface area contributed by atoms with Crippen molar-refractivity contribution in [3.63, 3.8) is 0 Å². The lowest BCUT2D eigenvalue weighted by Crippen LogP contribution is -2.42. The first kappa shape index (κ1) is 19.9. The van der Waals surface area contributed by atoms with Gasteiger partial charge in [0.2, 0.25) is 0 Å². The van der Waals surface area contributed by atoms with Gasteiger partial charge in [-0.05, 0) is 47.6 Å². The first-order valence-electron chi connectivity index (χ1n) is 10.5. The number of methoxy groups -OCH3 is 1. The molecule has 0 spiro atoms. The number of benzene rings is 2. The van der Waals surface area contributed by atoms with Gasteiger partial charge in [0.15, 0.2) is 5.82 Å². The van der Waals surface area contributed by atoms with E-state index in [1.54, 1.807) is 12.3 Å². The normalized spacial score (nSPS) is 17.6. The van der Waals surface area contributed by atoms with Crippen molar-refractivity contribution in [3.05, 3.63) is 76.9 Å². The molecule has 5 rings (SSSR count). The largest absolute Gasteiger partial charge is 0.465 e. The zero-order valence-corrected chi connectivity index (χ0v) is 18.3. The number of hydrogen-bond donors (Lipinski definition) is 0. The summed E-state index contributed by atoms with van der Waals surface area (Å²) >= 11 is 6.22. The van der Waals surface area contributed by atoms with E-state index < -0.39 is 0 Å². The molecule has 0 N–H and O–H groups in total. The van der Waals surface area contributed by atoms with Gasteiger partial charge in [0, 0.05) is 19.8 Å². The highest BCUT2D eigenvalue weighted by atomic mass is 35.5. The van der Waals surface area contributed by atoms with Crippen molar-refractivity contribution >= 4 is 29.1 Å². The molecule has 2 aliphatic rings. The third-order valence-corrected chi connectivity index (χ3v) is 6.38. The molecule has 0 bridgehead atoms. The molecule has 3 aromatic rings. The number of halogens is 1. The Morgan fingerprint density at radius 3 is 2.61 bits per heavy atom. The molecular weight excluding hydrogens is 410 g/mol. The molecular formula is C25H24ClN3O2. The van der Waals surface area contributed by atoms with E-state index in [0.29, 0.717) is 22.7 Å². The van der Waals surface area contributed by atoms with Crippen LogP contribution in [0.3, 0.4) is 0 Å². The molecule has 158 valence electrons. The van der Waals surface area contributed by atoms with Crippen LogP contribution in [0, 0.1) is 5.92 Å². The van der Waals surface area contributed by atoms with E-state index in [0.717, 1.165) is 29.2 Å². The number of ether oxygens (including phenoxy) is 1. The molecule has 31 heavy (non-hydrogen) atoms. The molecule has 1 aromatic heterocycles. The van der Waals surface area contributed by atoms with Crippen molar-refractivity contribution in [2.45, 2.75) is 25.6 Å². The first-order chi connectivity index (χ1) is 15.1. The second kappa shape index (κ2) is 7.89. The molecule has 5 nitrogen and oxygen atoms in total. The average molecular weight is 434 g/mol. The minimum absolute atomic E-state index is 0.306. The fraction of sp³-hybridized carbons (Fsp3) is 0.280. The maximum absolute atomic E-state index is 12.1. The summed E-state index contributed by atoms with van der Waals surface area (Å²) in [5, 5.41) is 0.663. The SMILES string of the molecule is COC(=O)c1ccccc1-c1ccc(CN2c3ncc(Cl)cc3N(C)C2C2CC2)cc1. The van der Waals surface area contributed by atoms with E-state index in [9.17, 15) is 4.79 Å². The van der Waals surface area contributed by atoms with Crippen molar-refractivity contribution in [2.75, 3.05) is 24.0 Å². The number of hydrogen-bond acceptors (Lipinski definition) is 5. The number of anilines is 2. The van der Waals surface area contributed by atoms with Crippen LogP contribution in [0.4, 0.5) is 11.5 Å². The quantitative estimate of drug-likeness (QED) is 0.505. The minimum atomic E-state index is -0.326. The molecule has 1 aliphatic heterocycles. The highest BCUT2D eigenvalue weighted by molar-refractivity contribution is 6.30. The predicted molar refractivity (Wildman–Crippen MR) is 124 cm³/mol. The van der Waals surface area contributed by atoms with Crippen LogP contribution in [-0.4, -0.2) is 31.3 Å². The van der Waals surface area contributed by atoms with Crippen LogP contribution < -0.4 is 9.80 Å². The molecule has 1 unspecified atom stereocenters. The lowest BCUT2D eigenvalue weighted by Gasteiger charge is -2.30. The van der Waals surface area contributed by atoms with Crippen LogP contribution in [0.5, 0.6) is 0 Å². The summed E-state index contributed by atoms with van der Waals surface area (Å²) in [7, 11) is 3.54. The van der Waals surface area contributed by atoms with Crippen molar-refractivity contribution in [1.82, 2.24) is 4.98 Å². The number of esters is 1. The van der Waals surface area contributed by atoms with Crippen molar-refractivity contribution in [2.24, 2.45) is 5.92 Å². The molecule has 1 aliphatic carbocycles. The van der Waals surface area contributed by atoms with E-state index >= 15 is 0 Å². The number of fused-ring (bicyclic) bond motifs is 1. The fourth-order valence-corrected chi connectivity index (χ4v) is 4.67. The van der Waals surface area contributed by atoms with Gasteiger partial charge in [-0.25, -0.2) is 9.78 Å². The predicted octanol–water partition coefficient (Wildman–Crippen LogP) is 5.38. The number of pyridine rings is 1. The summed E-state index contributed by atoms with van der Waals surface area (Å²) in [4.78, 5) is 21.5. The van der Waals surface area contributed by atoms with E-state index in [1.165, 1.54) is 25.5 Å². The summed E-state index contributed by atoms with van der Waals surface area (Å²) in [5.74, 6) is 1.32. The Labute approximate surface area is 187 Å². The van der Waals surface area contributed by atoms with Gasteiger partial charge in [-0.2, -0.15) is 0 Å². The van der Waals surface area contributed by atoms with Crippen molar-refractivity contribution < 1.29 is 9.53 Å². The molecule has 0 amide bonds. The van der Waals surface area contributed by atoms with E-state index in [2.05, 4.69) is 46.1 Å². The molecule has 0 radical (unpaired) electrons. The number of carbonyl (C=O) groups excluding carboxylic acids is 1. The monoisotopic (exact) mass is 433 g/mol. The van der Waals surface area contributed by atoms with Gasteiger partial charge < -0.3 is 14.5 Å². The molecule has 6 heteroatoms. The molecule has 2 aromatic carbocycles. The highest BCUT2D eigenvalue weighted by Gasteiger charge is 2.44. The van der Waals surface area contributed by atoms with Gasteiger partial charge in [-0.15, -0.1) is 0 Å². The summed E-state index contributed by atoms with van der Waals surface area (Å²) in [6.45, 7) is 0.770. The van der Waals surface area contributed by atoms with Crippen LogP contribution in [0.15, 0.2) is 60.8 Å². The second-order valence-electron chi connectivity index (χ2n) is 8.22. The van der Waals surface area contributed by atoms with Crippen molar-refractivity contribution in [1.29, 1.82) is 0 Å². The van der Waals surface area contributed by atoms with Crippen LogP contribution in [0.25, 0.3) is 11.1 Å². The number of carbonyl (C=O) groups is 1. The lowest BCUT2D eigenvalue weighted by molar-refractivity contribution is 0.0601. The van der Waals surface area contributed by atoms with Gasteiger partial charge in [0.1, 0.15) is 6.17 Å². The molecule has 1 fully saturated rings. The third-order valence-electron chi connectivity index (χ3n) is 6.18. The highest BCUT2D eigenvalue weighted by Crippen LogP contribution is 2.47. The Hall–Kier alpha value is -3.05. The first-order valence-corrected chi connectivity index (χ1v) is 10.9. The Morgan fingerprint density at radius 2 is 1.90 bits per heavy atom. The van der Waals surface area contributed by atoms with Gasteiger partial charge in [-0.1, -0.05) is 54.1 Å². The number of aromatic nitrogens is 1. The Kier molecular flexibility index (Phi) is 5.06. The van der Waals surface area contributed by atoms with Crippen molar-refractivity contribution in [3.8, 4) is 11.1 Å². The zero-order chi connectivity index (χ0) is 21.5. The van der Waals surface area contributed by atoms with E-state index in [1.807, 2.05) is 24.3 Å². The topological polar surface area (TPSA) is 45.7 Å². The lowest BCUT2D eigenvalue weighted by atomic mass is 9.98. The maximum Gasteiger partial charge on any atom is 0.338 e. The number of rotatable bonds is 5. The standard InChI is InChI=1S/C25H24ClN3O2/c1-28-22-13-19(26)14-27-23(22)29(24(28)18-11-12-18)15-16-7-9-17(10-8-16)20-5-3-4-6-21(20)25(30)31-2/h3-10,13-14,18,24H,11-12,15H2,1-2H3. The summed E-state index contributed by atoms with van der Waals surface area (Å²) in [6, 6.07) is 17.9. The minimum Gasteiger partial charge on any atom is -0.465 e. The van der Waals surface area contributed by atoms with Gasteiger partial charge >= 0.3 is 5.97 Å². The Balaban J connectivity index is 1.43. The smallest absolute Gasteiger partial charge is 0.338 e. The molecule has 0 saturated heterocycles. The van der Waals surface area contributed by atoms with Crippen LogP contribution in [-0.2, 0) is 11.3 Å². The van der Waals surface area contributed by atoms with Gasteiger partial charge in [0.25, 0.3) is 0 Å². The third kappa shape index (κ3) is 3.63. The molecule has 2 heterocycles. The van der Waals surface area contributed by atoms with E-state index in [-0.39, 0.29) is 5.97 Å². The summed E-state index contributed by atoms with van der Waals surface area (Å²) < 4.78 is 4.94. The van der Waals surface area contributed by atoms with Crippen LogP contribution in [0.1, 0.15) is 28.8 Å². The Bertz CT molecular complexity index is 1130. The number of nitrogens with zero attached hydrogens (tertiary/aromatic N) is 3. The molecule has 1 atom stereocenters. The Morgan fingerprint density at radius 1 is 1.16 bits per heavy atom. The summed E-state index contributed by atoms with van der Waals surface area (Å²) in [6.07, 6.45) is 4.52. The van der Waals surface area contributed by atoms with Crippen LogP contribution >= 0.6 is 11.6 Å². The van der Waals surface area contributed by atoms with Gasteiger partial charge in [0.05, 0.1) is 23.4 Å². The van der Waals surface area contributed by atoms with Gasteiger partial charge in [-0.3, -0.25) is 0 Å². The van der Waals surface area contributed by atoms with E-state index in [4.69, 9.17) is 16.3 Å².